The van der Waals surface area contributed by atoms with Crippen molar-refractivity contribution in [2.45, 2.75) is 38.5 Å². The lowest BCUT2D eigenvalue weighted by Gasteiger charge is -2.14. The molecule has 1 aromatic rings. The first-order chi connectivity index (χ1) is 7.29. The predicted molar refractivity (Wildman–Crippen MR) is 57.1 cm³/mol. The van der Waals surface area contributed by atoms with E-state index in [4.69, 9.17) is 5.11 Å². The number of carboxylic acids is 1. The Morgan fingerprint density at radius 3 is 2.67 bits per heavy atom. The summed E-state index contributed by atoms with van der Waals surface area (Å²) in [6.07, 6.45) is 8.18. The van der Waals surface area contributed by atoms with Crippen molar-refractivity contribution < 1.29 is 9.90 Å². The van der Waals surface area contributed by atoms with Gasteiger partial charge in [0.15, 0.2) is 5.69 Å². The minimum Gasteiger partial charge on any atom is -0.477 e. The number of fused-ring (bicyclic) bond motifs is 1. The van der Waals surface area contributed by atoms with Gasteiger partial charge in [0.2, 0.25) is 0 Å². The molecule has 0 fully saturated rings. The third-order valence-corrected chi connectivity index (χ3v) is 2.98. The summed E-state index contributed by atoms with van der Waals surface area (Å²) in [4.78, 5) is 15.0. The lowest BCUT2D eigenvalue weighted by molar-refractivity contribution is 0.0689. The molecule has 0 spiro atoms. The van der Waals surface area contributed by atoms with Crippen molar-refractivity contribution in [1.29, 1.82) is 0 Å². The van der Waals surface area contributed by atoms with Gasteiger partial charge >= 0.3 is 5.97 Å². The van der Waals surface area contributed by atoms with E-state index >= 15 is 0 Å². The first-order valence-electron chi connectivity index (χ1n) is 5.49. The number of carbonyl (C=O) groups is 1. The van der Waals surface area contributed by atoms with E-state index in [2.05, 4.69) is 4.98 Å². The number of carboxylic acid groups (broad SMARTS) is 1. The topological polar surface area (TPSA) is 50.2 Å². The molecule has 0 radical (unpaired) electrons. The Kier molecular flexibility index (Phi) is 2.99. The van der Waals surface area contributed by atoms with Crippen LogP contribution in [0.25, 0.3) is 0 Å². The molecule has 1 heterocycles. The first kappa shape index (κ1) is 10.1. The minimum atomic E-state index is -0.896. The van der Waals surface area contributed by atoms with E-state index in [9.17, 15) is 4.79 Å². The molecule has 0 saturated carbocycles. The van der Waals surface area contributed by atoms with Crippen LogP contribution in [0.15, 0.2) is 12.3 Å². The van der Waals surface area contributed by atoms with Gasteiger partial charge in [-0.25, -0.2) is 9.78 Å². The highest BCUT2D eigenvalue weighted by Crippen LogP contribution is 2.21. The molecule has 80 valence electrons. The number of hydrogen-bond donors (Lipinski definition) is 1. The highest BCUT2D eigenvalue weighted by atomic mass is 16.4. The molecule has 0 aliphatic heterocycles. The molecule has 15 heavy (non-hydrogen) atoms. The summed E-state index contributed by atoms with van der Waals surface area (Å²) < 4.78 is 0. The Labute approximate surface area is 89.2 Å². The van der Waals surface area contributed by atoms with Crippen molar-refractivity contribution in [2.24, 2.45) is 0 Å². The molecule has 3 heteroatoms. The average Bonchev–Trinajstić information content (AvgIpc) is 2.17. The van der Waals surface area contributed by atoms with E-state index in [0.717, 1.165) is 31.2 Å². The number of hydrogen-bond acceptors (Lipinski definition) is 2. The van der Waals surface area contributed by atoms with E-state index in [1.165, 1.54) is 18.4 Å². The van der Waals surface area contributed by atoms with Crippen molar-refractivity contribution >= 4 is 5.97 Å². The molecule has 2 rings (SSSR count). The zero-order chi connectivity index (χ0) is 10.7. The number of aryl methyl sites for hydroxylation is 1. The smallest absolute Gasteiger partial charge is 0.354 e. The maximum atomic E-state index is 11.0. The molecule has 0 unspecified atom stereocenters. The molecule has 0 bridgehead atoms. The van der Waals surface area contributed by atoms with Crippen LogP contribution in [0, 0.1) is 0 Å². The van der Waals surface area contributed by atoms with Crippen molar-refractivity contribution in [1.82, 2.24) is 4.98 Å². The Hall–Kier alpha value is -1.38. The van der Waals surface area contributed by atoms with Crippen LogP contribution in [0.4, 0.5) is 0 Å². The van der Waals surface area contributed by atoms with Crippen molar-refractivity contribution in [2.75, 3.05) is 0 Å². The van der Waals surface area contributed by atoms with Gasteiger partial charge in [0.1, 0.15) is 0 Å². The minimum absolute atomic E-state index is 0.259. The van der Waals surface area contributed by atoms with E-state index < -0.39 is 5.97 Å². The van der Waals surface area contributed by atoms with Crippen molar-refractivity contribution in [3.05, 3.63) is 29.1 Å². The number of rotatable bonds is 1. The molecule has 1 aromatic heterocycles. The monoisotopic (exact) mass is 205 g/mol. The Morgan fingerprint density at radius 2 is 1.93 bits per heavy atom. The molecular weight excluding hydrogens is 190 g/mol. The van der Waals surface area contributed by atoms with Gasteiger partial charge in [-0.3, -0.25) is 0 Å². The molecular formula is C12H15NO2. The van der Waals surface area contributed by atoms with Crippen LogP contribution in [0.2, 0.25) is 0 Å². The second kappa shape index (κ2) is 4.43. The summed E-state index contributed by atoms with van der Waals surface area (Å²) in [5.41, 5.74) is 2.40. The van der Waals surface area contributed by atoms with E-state index in [-0.39, 0.29) is 5.69 Å². The summed E-state index contributed by atoms with van der Waals surface area (Å²) in [7, 11) is 0. The Bertz CT molecular complexity index is 374. The summed E-state index contributed by atoms with van der Waals surface area (Å²) in [5.74, 6) is -0.896. The zero-order valence-corrected chi connectivity index (χ0v) is 8.70. The zero-order valence-electron chi connectivity index (χ0n) is 8.70. The van der Waals surface area contributed by atoms with E-state index in [1.807, 2.05) is 6.07 Å². The highest BCUT2D eigenvalue weighted by molar-refractivity contribution is 5.87. The number of pyridine rings is 1. The van der Waals surface area contributed by atoms with Crippen LogP contribution in [-0.2, 0) is 12.8 Å². The van der Waals surface area contributed by atoms with Gasteiger partial charge in [-0.2, -0.15) is 0 Å². The van der Waals surface area contributed by atoms with Crippen LogP contribution in [0.3, 0.4) is 0 Å². The van der Waals surface area contributed by atoms with Crippen LogP contribution >= 0.6 is 0 Å². The fraction of sp³-hybridized carbons (Fsp3) is 0.500. The fourth-order valence-electron chi connectivity index (χ4n) is 2.20. The third kappa shape index (κ3) is 2.17. The molecule has 1 aliphatic rings. The lowest BCUT2D eigenvalue weighted by atomic mass is 9.93. The highest BCUT2D eigenvalue weighted by Gasteiger charge is 2.16. The van der Waals surface area contributed by atoms with Crippen LogP contribution < -0.4 is 0 Å². The predicted octanol–water partition coefficient (Wildman–Crippen LogP) is 2.44. The summed E-state index contributed by atoms with van der Waals surface area (Å²) in [5, 5.41) is 9.04. The normalized spacial score (nSPS) is 16.3. The van der Waals surface area contributed by atoms with Gasteiger partial charge < -0.3 is 5.11 Å². The molecule has 1 aliphatic carbocycles. The largest absolute Gasteiger partial charge is 0.477 e. The SMILES string of the molecule is O=C(O)c1nccc2c1CCCCCC2. The molecule has 0 atom stereocenters. The quantitative estimate of drug-likeness (QED) is 0.766. The van der Waals surface area contributed by atoms with Gasteiger partial charge in [-0.15, -0.1) is 0 Å². The van der Waals surface area contributed by atoms with Crippen molar-refractivity contribution in [3.63, 3.8) is 0 Å². The average molecular weight is 205 g/mol. The van der Waals surface area contributed by atoms with Gasteiger partial charge in [0.05, 0.1) is 0 Å². The van der Waals surface area contributed by atoms with Gasteiger partial charge in [0, 0.05) is 6.20 Å². The van der Waals surface area contributed by atoms with E-state index in [1.54, 1.807) is 6.20 Å². The van der Waals surface area contributed by atoms with Crippen LogP contribution in [-0.4, -0.2) is 16.1 Å². The van der Waals surface area contributed by atoms with Gasteiger partial charge in [-0.1, -0.05) is 12.8 Å². The summed E-state index contributed by atoms with van der Waals surface area (Å²) >= 11 is 0. The summed E-state index contributed by atoms with van der Waals surface area (Å²) in [6, 6.07) is 1.97. The molecule has 0 aromatic carbocycles. The lowest BCUT2D eigenvalue weighted by Crippen LogP contribution is -2.10. The maximum absolute atomic E-state index is 11.0. The maximum Gasteiger partial charge on any atom is 0.354 e. The van der Waals surface area contributed by atoms with Crippen LogP contribution in [0.1, 0.15) is 47.3 Å². The number of aromatic carboxylic acids is 1. The number of nitrogens with zero attached hydrogens (tertiary/aromatic N) is 1. The third-order valence-electron chi connectivity index (χ3n) is 2.98. The fourth-order valence-corrected chi connectivity index (χ4v) is 2.20. The second-order valence-corrected chi connectivity index (χ2v) is 4.02. The Morgan fingerprint density at radius 1 is 1.20 bits per heavy atom. The number of aromatic nitrogens is 1. The van der Waals surface area contributed by atoms with Gasteiger partial charge in [-0.05, 0) is 42.9 Å². The van der Waals surface area contributed by atoms with Gasteiger partial charge in [0.25, 0.3) is 0 Å². The molecule has 3 nitrogen and oxygen atoms in total. The van der Waals surface area contributed by atoms with Crippen molar-refractivity contribution in [3.8, 4) is 0 Å². The van der Waals surface area contributed by atoms with E-state index in [0.29, 0.717) is 0 Å². The molecule has 0 amide bonds. The standard InChI is InChI=1S/C12H15NO2/c14-12(15)11-10-6-4-2-1-3-5-9(10)7-8-13-11/h7-8H,1-6H2,(H,14,15). The first-order valence-corrected chi connectivity index (χ1v) is 5.49. The molecule has 1 N–H and O–H groups in total. The summed E-state index contributed by atoms with van der Waals surface area (Å²) in [6.45, 7) is 0. The Balaban J connectivity index is 2.41. The molecule has 0 saturated heterocycles. The van der Waals surface area contributed by atoms with Crippen LogP contribution in [0.5, 0.6) is 0 Å². The second-order valence-electron chi connectivity index (χ2n) is 4.02.